The molecule has 0 N–H and O–H groups in total. The summed E-state index contributed by atoms with van der Waals surface area (Å²) in [6.45, 7) is 2.15. The standard InChI is InChI=1S/C34H24N2O/c1-23-20-27(24-12-4-2-5-13-24)33(28(21-23)25-14-6-3-7-15-25)36-31-18-10-9-17-30(31)35-34(36)29-22-37-32-19-11-8-16-26(29)32/h2-22H,1H3/i11D. The summed E-state index contributed by atoms with van der Waals surface area (Å²) in [5, 5.41) is 0.937. The molecule has 0 saturated heterocycles. The van der Waals surface area contributed by atoms with Crippen LogP contribution in [0.15, 0.2) is 132 Å². The predicted molar refractivity (Wildman–Crippen MR) is 152 cm³/mol. The lowest BCUT2D eigenvalue weighted by Gasteiger charge is -2.20. The molecule has 0 aliphatic rings. The molecule has 0 unspecified atom stereocenters. The zero-order valence-corrected chi connectivity index (χ0v) is 20.3. The van der Waals surface area contributed by atoms with Gasteiger partial charge in [0.05, 0.1) is 23.7 Å². The van der Waals surface area contributed by atoms with Crippen molar-refractivity contribution >= 4 is 22.0 Å². The van der Waals surface area contributed by atoms with Crippen LogP contribution < -0.4 is 0 Å². The van der Waals surface area contributed by atoms with Gasteiger partial charge in [-0.3, -0.25) is 4.57 Å². The van der Waals surface area contributed by atoms with E-state index < -0.39 is 0 Å². The van der Waals surface area contributed by atoms with Crippen molar-refractivity contribution in [1.82, 2.24) is 9.55 Å². The number of furan rings is 1. The van der Waals surface area contributed by atoms with Crippen LogP contribution in [0.2, 0.25) is 0 Å². The van der Waals surface area contributed by atoms with Crippen LogP contribution in [0, 0.1) is 6.92 Å². The van der Waals surface area contributed by atoms with Gasteiger partial charge in [0.1, 0.15) is 17.7 Å². The third-order valence-corrected chi connectivity index (χ3v) is 6.87. The normalized spacial score (nSPS) is 11.8. The molecule has 0 aliphatic carbocycles. The topological polar surface area (TPSA) is 31.0 Å². The van der Waals surface area contributed by atoms with Crippen molar-refractivity contribution in [3.05, 3.63) is 133 Å². The van der Waals surface area contributed by atoms with Crippen molar-refractivity contribution in [1.29, 1.82) is 0 Å². The Balaban J connectivity index is 1.64. The van der Waals surface area contributed by atoms with Gasteiger partial charge in [-0.15, -0.1) is 0 Å². The molecule has 176 valence electrons. The predicted octanol–water partition coefficient (Wildman–Crippen LogP) is 9.08. The zero-order valence-electron chi connectivity index (χ0n) is 21.3. The Bertz CT molecular complexity index is 1870. The highest BCUT2D eigenvalue weighted by atomic mass is 16.3. The highest BCUT2D eigenvalue weighted by Gasteiger charge is 2.23. The van der Waals surface area contributed by atoms with E-state index in [1.165, 1.54) is 5.56 Å². The minimum atomic E-state index is 0.420. The first-order valence-corrected chi connectivity index (χ1v) is 12.4. The Hall–Kier alpha value is -4.89. The third kappa shape index (κ3) is 3.56. The Kier molecular flexibility index (Phi) is 4.75. The minimum absolute atomic E-state index is 0.420. The number of para-hydroxylation sites is 3. The van der Waals surface area contributed by atoms with Crippen LogP contribution in [0.3, 0.4) is 0 Å². The molecule has 2 aromatic heterocycles. The number of nitrogens with zero attached hydrogens (tertiary/aromatic N) is 2. The van der Waals surface area contributed by atoms with Gasteiger partial charge in [0.15, 0.2) is 0 Å². The minimum Gasteiger partial charge on any atom is -0.464 e. The van der Waals surface area contributed by atoms with E-state index in [1.807, 2.05) is 24.3 Å². The molecule has 7 rings (SSSR count). The van der Waals surface area contributed by atoms with Crippen LogP contribution in [0.5, 0.6) is 0 Å². The number of imidazole rings is 1. The number of benzene rings is 5. The van der Waals surface area contributed by atoms with Crippen molar-refractivity contribution in [2.75, 3.05) is 0 Å². The zero-order chi connectivity index (χ0) is 25.6. The van der Waals surface area contributed by atoms with Crippen LogP contribution in [0.1, 0.15) is 6.93 Å². The molecule has 0 atom stereocenters. The van der Waals surface area contributed by atoms with Crippen LogP contribution >= 0.6 is 0 Å². The lowest BCUT2D eigenvalue weighted by Crippen LogP contribution is -2.03. The molecule has 0 aliphatic heterocycles. The molecule has 3 nitrogen and oxygen atoms in total. The molecule has 5 aromatic carbocycles. The molecular formula is C34H24N2O. The molecular weight excluding hydrogens is 452 g/mol. The number of aryl methyl sites for hydroxylation is 1. The van der Waals surface area contributed by atoms with Gasteiger partial charge in [0, 0.05) is 16.5 Å². The van der Waals surface area contributed by atoms with Crippen molar-refractivity contribution in [2.24, 2.45) is 0 Å². The summed E-state index contributed by atoms with van der Waals surface area (Å²) >= 11 is 0. The van der Waals surface area contributed by atoms with Gasteiger partial charge in [-0.25, -0.2) is 4.98 Å². The van der Waals surface area contributed by atoms with E-state index in [9.17, 15) is 0 Å². The molecule has 0 bridgehead atoms. The molecule has 0 fully saturated rings. The van der Waals surface area contributed by atoms with Gasteiger partial charge in [0.25, 0.3) is 0 Å². The summed E-state index contributed by atoms with van der Waals surface area (Å²) in [4.78, 5) is 5.15. The lowest BCUT2D eigenvalue weighted by molar-refractivity contribution is 0.616. The highest BCUT2D eigenvalue weighted by molar-refractivity contribution is 5.98. The van der Waals surface area contributed by atoms with Crippen molar-refractivity contribution in [2.45, 2.75) is 6.92 Å². The first-order chi connectivity index (χ1) is 18.7. The largest absolute Gasteiger partial charge is 0.464 e. The number of hydrogen-bond donors (Lipinski definition) is 0. The molecule has 0 spiro atoms. The Morgan fingerprint density at radius 3 is 2.05 bits per heavy atom. The molecule has 3 heteroatoms. The van der Waals surface area contributed by atoms with Gasteiger partial charge in [-0.1, -0.05) is 91.0 Å². The van der Waals surface area contributed by atoms with Gasteiger partial charge in [-0.05, 0) is 53.9 Å². The molecule has 7 aromatic rings. The molecule has 37 heavy (non-hydrogen) atoms. The van der Waals surface area contributed by atoms with Gasteiger partial charge in [0.2, 0.25) is 0 Å². The smallest absolute Gasteiger partial charge is 0.149 e. The van der Waals surface area contributed by atoms with E-state index in [2.05, 4.69) is 90.4 Å². The number of fused-ring (bicyclic) bond motifs is 2. The van der Waals surface area contributed by atoms with Crippen molar-refractivity contribution in [3.8, 4) is 39.3 Å². The van der Waals surface area contributed by atoms with Crippen LogP contribution in [-0.4, -0.2) is 9.55 Å². The molecule has 0 radical (unpaired) electrons. The molecule has 0 saturated carbocycles. The fourth-order valence-corrected chi connectivity index (χ4v) is 5.22. The van der Waals surface area contributed by atoms with E-state index in [1.54, 1.807) is 18.4 Å². The lowest BCUT2D eigenvalue weighted by atomic mass is 9.93. The third-order valence-electron chi connectivity index (χ3n) is 6.87. The van der Waals surface area contributed by atoms with E-state index in [4.69, 9.17) is 10.8 Å². The fourth-order valence-electron chi connectivity index (χ4n) is 5.22. The average Bonchev–Trinajstić information content (AvgIpc) is 3.54. The van der Waals surface area contributed by atoms with E-state index >= 15 is 0 Å². The number of rotatable bonds is 4. The van der Waals surface area contributed by atoms with Gasteiger partial charge in [-0.2, -0.15) is 0 Å². The average molecular weight is 478 g/mol. The summed E-state index contributed by atoms with van der Waals surface area (Å²) in [5.74, 6) is 0.806. The van der Waals surface area contributed by atoms with E-state index in [0.29, 0.717) is 11.6 Å². The molecule has 0 amide bonds. The van der Waals surface area contributed by atoms with Crippen molar-refractivity contribution < 1.29 is 5.79 Å². The number of aromatic nitrogens is 2. The second kappa shape index (κ2) is 8.65. The van der Waals surface area contributed by atoms with Crippen LogP contribution in [0.4, 0.5) is 0 Å². The summed E-state index contributed by atoms with van der Waals surface area (Å²) in [5.41, 5.74) is 10.3. The highest BCUT2D eigenvalue weighted by Crippen LogP contribution is 2.42. The maximum Gasteiger partial charge on any atom is 0.149 e. The summed E-state index contributed by atoms with van der Waals surface area (Å²) in [7, 11) is 0. The first kappa shape index (κ1) is 20.3. The quantitative estimate of drug-likeness (QED) is 0.253. The van der Waals surface area contributed by atoms with E-state index in [0.717, 1.165) is 55.7 Å². The Labute approximate surface area is 216 Å². The van der Waals surface area contributed by atoms with Gasteiger partial charge >= 0.3 is 0 Å². The Morgan fingerprint density at radius 2 is 1.35 bits per heavy atom. The maximum absolute atomic E-state index is 8.04. The fraction of sp³-hybridized carbons (Fsp3) is 0.0294. The summed E-state index contributed by atoms with van der Waals surface area (Å²) in [6.07, 6.45) is 1.76. The SMILES string of the molecule is [2H]c1ccc2c(-c3nc4ccccc4n3-c3c(-c4ccccc4)cc(C)cc3-c3ccccc3)coc2c1. The van der Waals surface area contributed by atoms with E-state index in [-0.39, 0.29) is 0 Å². The second-order valence-corrected chi connectivity index (χ2v) is 9.27. The summed E-state index contributed by atoms with van der Waals surface area (Å²) in [6, 6.07) is 39.8. The maximum atomic E-state index is 8.04. The van der Waals surface area contributed by atoms with Crippen molar-refractivity contribution in [3.63, 3.8) is 0 Å². The van der Waals surface area contributed by atoms with Crippen LogP contribution in [0.25, 0.3) is 61.3 Å². The van der Waals surface area contributed by atoms with Crippen LogP contribution in [-0.2, 0) is 0 Å². The second-order valence-electron chi connectivity index (χ2n) is 9.27. The molecule has 2 heterocycles. The first-order valence-electron chi connectivity index (χ1n) is 12.9. The Morgan fingerprint density at radius 1 is 0.703 bits per heavy atom. The summed E-state index contributed by atoms with van der Waals surface area (Å²) < 4.78 is 16.3. The monoisotopic (exact) mass is 477 g/mol. The van der Waals surface area contributed by atoms with Gasteiger partial charge < -0.3 is 4.42 Å². The number of hydrogen-bond acceptors (Lipinski definition) is 2.